The monoisotopic (exact) mass is 425 g/mol. The zero-order valence-corrected chi connectivity index (χ0v) is 18.2. The first kappa shape index (κ1) is 21.1. The van der Waals surface area contributed by atoms with Gasteiger partial charge in [0.25, 0.3) is 0 Å². The number of likely N-dealkylation sites (tertiary alicyclic amines) is 1. The van der Waals surface area contributed by atoms with Gasteiger partial charge in [0, 0.05) is 29.5 Å². The fraction of sp³-hybridized carbons (Fsp3) is 0.632. The Hall–Kier alpha value is -1.58. The number of rotatable bonds is 5. The topological polar surface area (TPSA) is 79.0 Å². The molecule has 9 heteroatoms. The normalized spacial score (nSPS) is 20.2. The average Bonchev–Trinajstić information content (AvgIpc) is 3.25. The Labute approximate surface area is 173 Å². The summed E-state index contributed by atoms with van der Waals surface area (Å²) in [7, 11) is 1.33. The van der Waals surface area contributed by atoms with Crippen LogP contribution in [0.2, 0.25) is 0 Å². The third-order valence-electron chi connectivity index (χ3n) is 5.35. The second-order valence-corrected chi connectivity index (χ2v) is 9.54. The van der Waals surface area contributed by atoms with Crippen LogP contribution in [0.5, 0.6) is 0 Å². The maximum atomic E-state index is 12.9. The molecule has 2 saturated heterocycles. The maximum Gasteiger partial charge on any atom is 0.341 e. The highest BCUT2D eigenvalue weighted by atomic mass is 32.2. The lowest BCUT2D eigenvalue weighted by Gasteiger charge is -2.32. The van der Waals surface area contributed by atoms with Gasteiger partial charge in [-0.25, -0.2) is 4.79 Å². The van der Waals surface area contributed by atoms with Crippen molar-refractivity contribution in [2.24, 2.45) is 0 Å². The Morgan fingerprint density at radius 1 is 1.18 bits per heavy atom. The van der Waals surface area contributed by atoms with E-state index in [0.717, 1.165) is 54.4 Å². The van der Waals surface area contributed by atoms with Crippen LogP contribution in [0.25, 0.3) is 0 Å². The van der Waals surface area contributed by atoms with Gasteiger partial charge in [0.15, 0.2) is 0 Å². The molecule has 2 aliphatic heterocycles. The molecule has 2 fully saturated rings. The SMILES string of the molecule is COC(=O)c1c(NC(=O)CN2CCCC2C(=O)N2CCSCC2)sc(C)c1C. The number of thioether (sulfide) groups is 1. The Bertz CT molecular complexity index is 759. The van der Waals surface area contributed by atoms with Crippen LogP contribution >= 0.6 is 23.1 Å². The number of carbonyl (C=O) groups is 3. The Balaban J connectivity index is 1.65. The molecule has 0 aromatic carbocycles. The summed E-state index contributed by atoms with van der Waals surface area (Å²) in [6.45, 7) is 6.22. The van der Waals surface area contributed by atoms with Gasteiger partial charge in [-0.15, -0.1) is 11.3 Å². The fourth-order valence-corrected chi connectivity index (χ4v) is 5.67. The van der Waals surface area contributed by atoms with Crippen LogP contribution in [0.4, 0.5) is 5.00 Å². The molecule has 3 heterocycles. The number of methoxy groups -OCH3 is 1. The summed E-state index contributed by atoms with van der Waals surface area (Å²) in [5, 5.41) is 3.38. The molecule has 0 spiro atoms. The number of nitrogens with zero attached hydrogens (tertiary/aromatic N) is 2. The van der Waals surface area contributed by atoms with E-state index < -0.39 is 5.97 Å². The van der Waals surface area contributed by atoms with Crippen molar-refractivity contribution in [3.8, 4) is 0 Å². The van der Waals surface area contributed by atoms with Gasteiger partial charge >= 0.3 is 5.97 Å². The molecule has 0 aliphatic carbocycles. The van der Waals surface area contributed by atoms with E-state index in [1.807, 2.05) is 35.4 Å². The molecule has 0 radical (unpaired) electrons. The van der Waals surface area contributed by atoms with E-state index in [2.05, 4.69) is 5.32 Å². The number of aryl methyl sites for hydroxylation is 1. The van der Waals surface area contributed by atoms with E-state index in [0.29, 0.717) is 10.6 Å². The number of ether oxygens (including phenoxy) is 1. The molecule has 1 aromatic heterocycles. The second kappa shape index (κ2) is 9.28. The predicted molar refractivity (Wildman–Crippen MR) is 112 cm³/mol. The molecule has 2 amide bonds. The number of amides is 2. The van der Waals surface area contributed by atoms with Crippen LogP contribution in [0, 0.1) is 13.8 Å². The molecular weight excluding hydrogens is 398 g/mol. The number of carbonyl (C=O) groups excluding carboxylic acids is 3. The molecular formula is C19H27N3O4S2. The summed E-state index contributed by atoms with van der Waals surface area (Å²) in [4.78, 5) is 42.5. The van der Waals surface area contributed by atoms with Gasteiger partial charge in [-0.1, -0.05) is 0 Å². The lowest BCUT2D eigenvalue weighted by atomic mass is 10.1. The summed E-state index contributed by atoms with van der Waals surface area (Å²) >= 11 is 3.24. The van der Waals surface area contributed by atoms with Gasteiger partial charge in [0.2, 0.25) is 11.8 Å². The predicted octanol–water partition coefficient (Wildman–Crippen LogP) is 2.13. The second-order valence-electron chi connectivity index (χ2n) is 7.09. The Kier molecular flexibility index (Phi) is 7.00. The van der Waals surface area contributed by atoms with Crippen molar-refractivity contribution in [3.63, 3.8) is 0 Å². The molecule has 1 aromatic rings. The quantitative estimate of drug-likeness (QED) is 0.728. The van der Waals surface area contributed by atoms with E-state index in [1.54, 1.807) is 0 Å². The zero-order valence-electron chi connectivity index (χ0n) is 16.6. The third-order valence-corrected chi connectivity index (χ3v) is 7.41. The minimum absolute atomic E-state index is 0.142. The molecule has 1 N–H and O–H groups in total. The number of esters is 1. The van der Waals surface area contributed by atoms with E-state index >= 15 is 0 Å². The minimum atomic E-state index is -0.450. The Morgan fingerprint density at radius 3 is 2.57 bits per heavy atom. The van der Waals surface area contributed by atoms with E-state index in [1.165, 1.54) is 18.4 Å². The lowest BCUT2D eigenvalue weighted by molar-refractivity contribution is -0.136. The maximum absolute atomic E-state index is 12.9. The number of hydrogen-bond donors (Lipinski definition) is 1. The van der Waals surface area contributed by atoms with E-state index in [4.69, 9.17) is 4.74 Å². The van der Waals surface area contributed by atoms with Gasteiger partial charge in [0.1, 0.15) is 5.00 Å². The molecule has 1 unspecified atom stereocenters. The summed E-state index contributed by atoms with van der Waals surface area (Å²) in [6, 6.07) is -0.222. The van der Waals surface area contributed by atoms with Crippen LogP contribution in [-0.2, 0) is 14.3 Å². The molecule has 154 valence electrons. The van der Waals surface area contributed by atoms with Gasteiger partial charge in [-0.2, -0.15) is 11.8 Å². The number of anilines is 1. The molecule has 2 aliphatic rings. The average molecular weight is 426 g/mol. The van der Waals surface area contributed by atoms with Crippen molar-refractivity contribution in [1.29, 1.82) is 0 Å². The van der Waals surface area contributed by atoms with Crippen LogP contribution in [0.1, 0.15) is 33.6 Å². The van der Waals surface area contributed by atoms with Crippen molar-refractivity contribution < 1.29 is 19.1 Å². The van der Waals surface area contributed by atoms with Gasteiger partial charge in [-0.3, -0.25) is 14.5 Å². The first-order valence-corrected chi connectivity index (χ1v) is 11.5. The summed E-state index contributed by atoms with van der Waals surface area (Å²) in [6.07, 6.45) is 1.71. The molecule has 1 atom stereocenters. The van der Waals surface area contributed by atoms with Crippen molar-refractivity contribution >= 4 is 45.9 Å². The lowest BCUT2D eigenvalue weighted by Crippen LogP contribution is -2.49. The highest BCUT2D eigenvalue weighted by molar-refractivity contribution is 7.99. The summed E-state index contributed by atoms with van der Waals surface area (Å²) in [5.74, 6) is 1.44. The third kappa shape index (κ3) is 4.52. The van der Waals surface area contributed by atoms with Crippen LogP contribution < -0.4 is 5.32 Å². The first-order chi connectivity index (χ1) is 13.4. The summed E-state index contributed by atoms with van der Waals surface area (Å²) < 4.78 is 4.86. The largest absolute Gasteiger partial charge is 0.465 e. The Morgan fingerprint density at radius 2 is 1.89 bits per heavy atom. The number of hydrogen-bond acceptors (Lipinski definition) is 7. The standard InChI is InChI=1S/C19H27N3O4S2/c1-12-13(2)28-17(16(12)19(25)26-3)20-15(23)11-22-6-4-5-14(22)18(24)21-7-9-27-10-8-21/h14H,4-11H2,1-3H3,(H,20,23). The van der Waals surface area contributed by atoms with Gasteiger partial charge in [0.05, 0.1) is 25.3 Å². The van der Waals surface area contributed by atoms with Gasteiger partial charge < -0.3 is 15.0 Å². The van der Waals surface area contributed by atoms with Crippen molar-refractivity contribution in [1.82, 2.24) is 9.80 Å². The van der Waals surface area contributed by atoms with Gasteiger partial charge in [-0.05, 0) is 38.8 Å². The smallest absolute Gasteiger partial charge is 0.341 e. The van der Waals surface area contributed by atoms with Crippen LogP contribution in [0.15, 0.2) is 0 Å². The van der Waals surface area contributed by atoms with E-state index in [9.17, 15) is 14.4 Å². The first-order valence-electron chi connectivity index (χ1n) is 9.51. The fourth-order valence-electron chi connectivity index (χ4n) is 3.70. The molecule has 3 rings (SSSR count). The zero-order chi connectivity index (χ0) is 20.3. The number of thiophene rings is 1. The number of nitrogens with one attached hydrogen (secondary N) is 1. The van der Waals surface area contributed by atoms with Crippen LogP contribution in [-0.4, -0.2) is 78.4 Å². The highest BCUT2D eigenvalue weighted by Crippen LogP contribution is 2.33. The van der Waals surface area contributed by atoms with Crippen LogP contribution in [0.3, 0.4) is 0 Å². The van der Waals surface area contributed by atoms with Crippen molar-refractivity contribution in [3.05, 3.63) is 16.0 Å². The van der Waals surface area contributed by atoms with Crippen molar-refractivity contribution in [2.45, 2.75) is 32.7 Å². The highest BCUT2D eigenvalue weighted by Gasteiger charge is 2.35. The molecule has 28 heavy (non-hydrogen) atoms. The molecule has 0 saturated carbocycles. The van der Waals surface area contributed by atoms with E-state index in [-0.39, 0.29) is 24.4 Å². The minimum Gasteiger partial charge on any atom is -0.465 e. The molecule has 0 bridgehead atoms. The summed E-state index contributed by atoms with van der Waals surface area (Å²) in [5.41, 5.74) is 1.24. The molecule has 7 nitrogen and oxygen atoms in total. The van der Waals surface area contributed by atoms with Crippen molar-refractivity contribution in [2.75, 3.05) is 50.1 Å².